The molecule has 2 rings (SSSR count). The summed E-state index contributed by atoms with van der Waals surface area (Å²) < 4.78 is 5.60. The zero-order valence-corrected chi connectivity index (χ0v) is 7.80. The van der Waals surface area contributed by atoms with Crippen LogP contribution in [0.1, 0.15) is 38.5 Å². The van der Waals surface area contributed by atoms with Crippen molar-refractivity contribution >= 4 is 0 Å². The first-order chi connectivity index (χ1) is 5.88. The van der Waals surface area contributed by atoms with E-state index in [1.807, 2.05) is 0 Å². The van der Waals surface area contributed by atoms with E-state index < -0.39 is 0 Å². The molecule has 1 aliphatic carbocycles. The lowest BCUT2D eigenvalue weighted by molar-refractivity contribution is 0.122. The van der Waals surface area contributed by atoms with E-state index in [9.17, 15) is 0 Å². The number of fused-ring (bicyclic) bond motifs is 1. The second kappa shape index (κ2) is 3.78. The molecule has 1 heterocycles. The van der Waals surface area contributed by atoms with Crippen molar-refractivity contribution in [3.05, 3.63) is 6.92 Å². The van der Waals surface area contributed by atoms with Crippen molar-refractivity contribution in [2.75, 3.05) is 6.61 Å². The summed E-state index contributed by atoms with van der Waals surface area (Å²) in [6, 6.07) is 0. The summed E-state index contributed by atoms with van der Waals surface area (Å²) in [6.45, 7) is 5.06. The van der Waals surface area contributed by atoms with Crippen molar-refractivity contribution in [1.29, 1.82) is 0 Å². The minimum atomic E-state index is 0.299. The summed E-state index contributed by atoms with van der Waals surface area (Å²) in [6.07, 6.45) is 8.72. The Kier molecular flexibility index (Phi) is 2.69. The first-order valence-electron chi connectivity index (χ1n) is 5.32. The summed E-state index contributed by atoms with van der Waals surface area (Å²) in [5, 5.41) is 0. The van der Waals surface area contributed by atoms with Crippen molar-refractivity contribution in [1.82, 2.24) is 0 Å². The minimum Gasteiger partial charge on any atom is -0.378 e. The van der Waals surface area contributed by atoms with Gasteiger partial charge in [-0.3, -0.25) is 0 Å². The Balaban J connectivity index is 1.95. The first-order valence-corrected chi connectivity index (χ1v) is 5.32. The van der Waals surface area contributed by atoms with Crippen molar-refractivity contribution in [3.63, 3.8) is 0 Å². The van der Waals surface area contributed by atoms with Gasteiger partial charge >= 0.3 is 0 Å². The summed E-state index contributed by atoms with van der Waals surface area (Å²) in [4.78, 5) is 0. The van der Waals surface area contributed by atoms with Gasteiger partial charge in [0.2, 0.25) is 0 Å². The van der Waals surface area contributed by atoms with Crippen LogP contribution in [0.25, 0.3) is 0 Å². The van der Waals surface area contributed by atoms with Crippen LogP contribution in [0.3, 0.4) is 0 Å². The van der Waals surface area contributed by atoms with E-state index in [-0.39, 0.29) is 0 Å². The average molecular weight is 167 g/mol. The molecule has 1 aliphatic heterocycles. The van der Waals surface area contributed by atoms with Crippen LogP contribution in [0.2, 0.25) is 0 Å². The van der Waals surface area contributed by atoms with E-state index in [1.165, 1.54) is 38.5 Å². The topological polar surface area (TPSA) is 9.23 Å². The zero-order chi connectivity index (χ0) is 8.39. The van der Waals surface area contributed by atoms with Crippen molar-refractivity contribution in [2.24, 2.45) is 11.8 Å². The number of ether oxygens (including phenoxy) is 1. The van der Waals surface area contributed by atoms with Crippen LogP contribution in [0.4, 0.5) is 0 Å². The molecule has 1 saturated heterocycles. The molecule has 0 aromatic rings. The van der Waals surface area contributed by atoms with Gasteiger partial charge in [0.15, 0.2) is 0 Å². The number of hydrogen-bond donors (Lipinski definition) is 0. The maximum Gasteiger partial charge on any atom is 0.0607 e. The predicted molar refractivity (Wildman–Crippen MR) is 49.8 cm³/mol. The Morgan fingerprint density at radius 3 is 2.58 bits per heavy atom. The largest absolute Gasteiger partial charge is 0.378 e. The molecule has 3 atom stereocenters. The maximum absolute atomic E-state index is 5.60. The fourth-order valence-corrected chi connectivity index (χ4v) is 2.66. The molecular formula is C11H19O. The van der Waals surface area contributed by atoms with Gasteiger partial charge in [-0.15, -0.1) is 0 Å². The van der Waals surface area contributed by atoms with Crippen LogP contribution < -0.4 is 0 Å². The molecule has 1 radical (unpaired) electrons. The number of rotatable bonds is 0. The third-order valence-corrected chi connectivity index (χ3v) is 3.47. The first kappa shape index (κ1) is 8.55. The predicted octanol–water partition coefficient (Wildman–Crippen LogP) is 2.81. The van der Waals surface area contributed by atoms with Gasteiger partial charge in [0, 0.05) is 0 Å². The molecule has 0 bridgehead atoms. The van der Waals surface area contributed by atoms with Gasteiger partial charge in [0.1, 0.15) is 0 Å². The van der Waals surface area contributed by atoms with Crippen LogP contribution in [-0.2, 0) is 4.74 Å². The second-order valence-electron chi connectivity index (χ2n) is 4.29. The fourth-order valence-electron chi connectivity index (χ4n) is 2.66. The molecule has 0 aromatic carbocycles. The Morgan fingerprint density at radius 1 is 1.00 bits per heavy atom. The van der Waals surface area contributed by atoms with Crippen molar-refractivity contribution in [3.8, 4) is 0 Å². The van der Waals surface area contributed by atoms with Crippen LogP contribution in [0.15, 0.2) is 0 Å². The van der Waals surface area contributed by atoms with Gasteiger partial charge in [-0.1, -0.05) is 25.7 Å². The average Bonchev–Trinajstić information content (AvgIpc) is 2.31. The quantitative estimate of drug-likeness (QED) is 0.539. The molecule has 1 heteroatoms. The third-order valence-electron chi connectivity index (χ3n) is 3.47. The third kappa shape index (κ3) is 1.66. The second-order valence-corrected chi connectivity index (χ2v) is 4.29. The molecule has 0 spiro atoms. The molecule has 2 fully saturated rings. The molecule has 0 amide bonds. The van der Waals surface area contributed by atoms with E-state index in [0.717, 1.165) is 18.4 Å². The monoisotopic (exact) mass is 167 g/mol. The molecular weight excluding hydrogens is 148 g/mol. The van der Waals surface area contributed by atoms with E-state index in [0.29, 0.717) is 6.10 Å². The Morgan fingerprint density at radius 2 is 1.75 bits per heavy atom. The summed E-state index contributed by atoms with van der Waals surface area (Å²) in [7, 11) is 0. The van der Waals surface area contributed by atoms with Crippen LogP contribution in [-0.4, -0.2) is 12.7 Å². The molecule has 1 saturated carbocycles. The summed E-state index contributed by atoms with van der Waals surface area (Å²) >= 11 is 0. The van der Waals surface area contributed by atoms with Crippen molar-refractivity contribution in [2.45, 2.75) is 44.6 Å². The highest BCUT2D eigenvalue weighted by Crippen LogP contribution is 2.36. The van der Waals surface area contributed by atoms with Gasteiger partial charge in [-0.25, -0.2) is 0 Å². The van der Waals surface area contributed by atoms with E-state index >= 15 is 0 Å². The Bertz CT molecular complexity index is 144. The molecule has 12 heavy (non-hydrogen) atoms. The lowest BCUT2D eigenvalue weighted by atomic mass is 9.81. The fraction of sp³-hybridized carbons (Fsp3) is 0.909. The molecule has 69 valence electrons. The van der Waals surface area contributed by atoms with E-state index in [1.54, 1.807) is 0 Å². The molecule has 2 aliphatic rings. The zero-order valence-electron chi connectivity index (χ0n) is 7.80. The molecule has 3 unspecified atom stereocenters. The molecule has 1 nitrogen and oxygen atoms in total. The van der Waals surface area contributed by atoms with Gasteiger partial charge in [0.25, 0.3) is 0 Å². The Hall–Kier alpha value is -0.0400. The van der Waals surface area contributed by atoms with Crippen LogP contribution in [0.5, 0.6) is 0 Å². The summed E-state index contributed by atoms with van der Waals surface area (Å²) in [5.74, 6) is 1.62. The molecule has 0 N–H and O–H groups in total. The Labute approximate surface area is 75.5 Å². The lowest BCUT2D eigenvalue weighted by Crippen LogP contribution is -2.19. The SMILES string of the molecule is [CH2]C1OCC2CCCCCCC21. The number of hydrogen-bond acceptors (Lipinski definition) is 1. The van der Waals surface area contributed by atoms with Crippen molar-refractivity contribution < 1.29 is 4.74 Å². The van der Waals surface area contributed by atoms with E-state index in [2.05, 4.69) is 6.92 Å². The molecule has 0 aromatic heterocycles. The van der Waals surface area contributed by atoms with Gasteiger partial charge in [0.05, 0.1) is 12.7 Å². The van der Waals surface area contributed by atoms with Gasteiger partial charge < -0.3 is 4.74 Å². The lowest BCUT2D eigenvalue weighted by Gasteiger charge is -2.22. The maximum atomic E-state index is 5.60. The summed E-state index contributed by atoms with van der Waals surface area (Å²) in [5.41, 5.74) is 0. The van der Waals surface area contributed by atoms with Crippen LogP contribution >= 0.6 is 0 Å². The highest BCUT2D eigenvalue weighted by molar-refractivity contribution is 4.85. The standard InChI is InChI=1S/C11H19O/c1-9-11-7-5-3-2-4-6-10(11)8-12-9/h9-11H,1-8H2. The normalized spacial score (nSPS) is 43.2. The van der Waals surface area contributed by atoms with Gasteiger partial charge in [-0.2, -0.15) is 0 Å². The van der Waals surface area contributed by atoms with Crippen LogP contribution in [0, 0.1) is 18.8 Å². The highest BCUT2D eigenvalue weighted by Gasteiger charge is 2.33. The minimum absolute atomic E-state index is 0.299. The smallest absolute Gasteiger partial charge is 0.0607 e. The van der Waals surface area contributed by atoms with E-state index in [4.69, 9.17) is 4.74 Å². The van der Waals surface area contributed by atoms with Gasteiger partial charge in [-0.05, 0) is 31.6 Å². The highest BCUT2D eigenvalue weighted by atomic mass is 16.5.